The molecular formula is C27H27NO4. The van der Waals surface area contributed by atoms with Gasteiger partial charge in [-0.25, -0.2) is 4.79 Å². The molecule has 2 atom stereocenters. The Balaban J connectivity index is 1.51. The van der Waals surface area contributed by atoms with Gasteiger partial charge in [0.05, 0.1) is 19.1 Å². The van der Waals surface area contributed by atoms with E-state index >= 15 is 0 Å². The summed E-state index contributed by atoms with van der Waals surface area (Å²) in [5, 5.41) is 9.84. The molecule has 0 unspecified atom stereocenters. The van der Waals surface area contributed by atoms with E-state index in [9.17, 15) is 14.7 Å². The van der Waals surface area contributed by atoms with E-state index in [-0.39, 0.29) is 11.8 Å². The minimum atomic E-state index is -0.969. The van der Waals surface area contributed by atoms with E-state index < -0.39 is 17.9 Å². The molecule has 1 saturated heterocycles. The Kier molecular flexibility index (Phi) is 6.97. The van der Waals surface area contributed by atoms with Crippen molar-refractivity contribution in [2.24, 2.45) is 5.92 Å². The molecule has 0 spiro atoms. The third kappa shape index (κ3) is 5.06. The van der Waals surface area contributed by atoms with Gasteiger partial charge in [-0.05, 0) is 23.1 Å². The molecule has 0 aliphatic carbocycles. The molecule has 4 rings (SSSR count). The number of likely N-dealkylation sites (tertiary alicyclic amines) is 1. The number of ether oxygens (including phenoxy) is 1. The van der Waals surface area contributed by atoms with Gasteiger partial charge in [-0.2, -0.15) is 0 Å². The van der Waals surface area contributed by atoms with Crippen LogP contribution in [0.4, 0.5) is 0 Å². The number of benzene rings is 3. The Hall–Kier alpha value is -3.44. The predicted molar refractivity (Wildman–Crippen MR) is 122 cm³/mol. The molecule has 5 heteroatoms. The van der Waals surface area contributed by atoms with Crippen LogP contribution in [0.25, 0.3) is 0 Å². The zero-order valence-electron chi connectivity index (χ0n) is 17.8. The SMILES string of the molecule is O=C(O)[C@@H]1C[C@H](COCc2ccccc2)CN1C(=O)C(c1ccccc1)c1ccccc1. The number of hydrogen-bond donors (Lipinski definition) is 1. The van der Waals surface area contributed by atoms with Crippen molar-refractivity contribution in [2.75, 3.05) is 13.2 Å². The molecule has 1 fully saturated rings. The lowest BCUT2D eigenvalue weighted by Crippen LogP contribution is -2.43. The van der Waals surface area contributed by atoms with Crippen molar-refractivity contribution in [3.63, 3.8) is 0 Å². The van der Waals surface area contributed by atoms with Crippen LogP contribution in [0.15, 0.2) is 91.0 Å². The maximum atomic E-state index is 13.7. The summed E-state index contributed by atoms with van der Waals surface area (Å²) >= 11 is 0. The van der Waals surface area contributed by atoms with Crippen molar-refractivity contribution >= 4 is 11.9 Å². The molecule has 3 aromatic rings. The van der Waals surface area contributed by atoms with Gasteiger partial charge in [-0.1, -0.05) is 91.0 Å². The van der Waals surface area contributed by atoms with Crippen LogP contribution in [0.3, 0.4) is 0 Å². The van der Waals surface area contributed by atoms with E-state index in [1.165, 1.54) is 4.90 Å². The van der Waals surface area contributed by atoms with Gasteiger partial charge in [0.15, 0.2) is 0 Å². The number of carboxylic acids is 1. The van der Waals surface area contributed by atoms with Gasteiger partial charge in [0, 0.05) is 12.5 Å². The number of nitrogens with zero attached hydrogens (tertiary/aromatic N) is 1. The van der Waals surface area contributed by atoms with Crippen LogP contribution in [0.5, 0.6) is 0 Å². The minimum Gasteiger partial charge on any atom is -0.480 e. The molecule has 5 nitrogen and oxygen atoms in total. The fourth-order valence-electron chi connectivity index (χ4n) is 4.37. The summed E-state index contributed by atoms with van der Waals surface area (Å²) < 4.78 is 5.86. The van der Waals surface area contributed by atoms with E-state index in [2.05, 4.69) is 0 Å². The van der Waals surface area contributed by atoms with E-state index in [1.54, 1.807) is 0 Å². The summed E-state index contributed by atoms with van der Waals surface area (Å²) in [5.41, 5.74) is 2.79. The second kappa shape index (κ2) is 10.2. The molecule has 1 amide bonds. The predicted octanol–water partition coefficient (Wildman–Crippen LogP) is 4.34. The van der Waals surface area contributed by atoms with E-state index in [0.29, 0.717) is 26.2 Å². The van der Waals surface area contributed by atoms with Gasteiger partial charge in [-0.3, -0.25) is 4.79 Å². The summed E-state index contributed by atoms with van der Waals surface area (Å²) in [6, 6.07) is 28.1. The normalized spacial score (nSPS) is 18.1. The summed E-state index contributed by atoms with van der Waals surface area (Å²) in [6.07, 6.45) is 0.395. The van der Waals surface area contributed by atoms with Crippen LogP contribution in [0.2, 0.25) is 0 Å². The smallest absolute Gasteiger partial charge is 0.326 e. The summed E-state index contributed by atoms with van der Waals surface area (Å²) in [4.78, 5) is 27.3. The number of rotatable bonds is 8. The average Bonchev–Trinajstić information content (AvgIpc) is 3.26. The van der Waals surface area contributed by atoms with Crippen molar-refractivity contribution < 1.29 is 19.4 Å². The van der Waals surface area contributed by atoms with Crippen molar-refractivity contribution in [1.29, 1.82) is 0 Å². The standard InChI is InChI=1S/C27H27NO4/c29-26(25(22-12-6-2-7-13-22)23-14-8-3-9-15-23)28-17-21(16-24(28)27(30)31)19-32-18-20-10-4-1-5-11-20/h1-15,21,24-25H,16-19H2,(H,30,31)/t21-,24-/m0/s1. The first kappa shape index (κ1) is 21.8. The molecule has 0 radical (unpaired) electrons. The number of carbonyl (C=O) groups is 2. The molecule has 164 valence electrons. The lowest BCUT2D eigenvalue weighted by Gasteiger charge is -2.27. The second-order valence-electron chi connectivity index (χ2n) is 8.20. The number of carbonyl (C=O) groups excluding carboxylic acids is 1. The molecule has 1 aliphatic rings. The highest BCUT2D eigenvalue weighted by Gasteiger charge is 2.42. The van der Waals surface area contributed by atoms with Crippen LogP contribution >= 0.6 is 0 Å². The Morgan fingerprint density at radius 1 is 0.875 bits per heavy atom. The van der Waals surface area contributed by atoms with Gasteiger partial charge < -0.3 is 14.7 Å². The topological polar surface area (TPSA) is 66.8 Å². The first-order valence-electron chi connectivity index (χ1n) is 10.9. The third-order valence-corrected chi connectivity index (χ3v) is 5.93. The molecule has 3 aromatic carbocycles. The highest BCUT2D eigenvalue weighted by atomic mass is 16.5. The maximum absolute atomic E-state index is 13.7. The number of carboxylic acid groups (broad SMARTS) is 1. The number of aliphatic carboxylic acids is 1. The Labute approximate surface area is 188 Å². The molecule has 0 saturated carbocycles. The first-order valence-corrected chi connectivity index (χ1v) is 10.9. The number of hydrogen-bond acceptors (Lipinski definition) is 3. The Morgan fingerprint density at radius 3 is 1.94 bits per heavy atom. The molecule has 32 heavy (non-hydrogen) atoms. The van der Waals surface area contributed by atoms with Gasteiger partial charge in [0.1, 0.15) is 6.04 Å². The lowest BCUT2D eigenvalue weighted by atomic mass is 9.90. The minimum absolute atomic E-state index is 0.0176. The zero-order chi connectivity index (χ0) is 22.3. The molecule has 1 aliphatic heterocycles. The van der Waals surface area contributed by atoms with Crippen LogP contribution in [-0.2, 0) is 20.9 Å². The van der Waals surface area contributed by atoms with E-state index in [1.807, 2.05) is 91.0 Å². The van der Waals surface area contributed by atoms with Crippen molar-refractivity contribution in [2.45, 2.75) is 25.0 Å². The molecule has 1 N–H and O–H groups in total. The van der Waals surface area contributed by atoms with Crippen molar-refractivity contribution in [3.05, 3.63) is 108 Å². The van der Waals surface area contributed by atoms with E-state index in [4.69, 9.17) is 4.74 Å². The van der Waals surface area contributed by atoms with Crippen LogP contribution in [0.1, 0.15) is 29.0 Å². The zero-order valence-corrected chi connectivity index (χ0v) is 17.8. The quantitative estimate of drug-likeness (QED) is 0.579. The van der Waals surface area contributed by atoms with Gasteiger partial charge in [0.25, 0.3) is 0 Å². The summed E-state index contributed by atoms with van der Waals surface area (Å²) in [7, 11) is 0. The number of amides is 1. The van der Waals surface area contributed by atoms with E-state index in [0.717, 1.165) is 16.7 Å². The molecule has 0 aromatic heterocycles. The molecule has 0 bridgehead atoms. The fraction of sp³-hybridized carbons (Fsp3) is 0.259. The third-order valence-electron chi connectivity index (χ3n) is 5.93. The summed E-state index contributed by atoms with van der Waals surface area (Å²) in [5.74, 6) is -1.71. The van der Waals surface area contributed by atoms with Crippen molar-refractivity contribution in [1.82, 2.24) is 4.90 Å². The Bertz CT molecular complexity index is 984. The highest BCUT2D eigenvalue weighted by molar-refractivity contribution is 5.91. The van der Waals surface area contributed by atoms with Gasteiger partial charge in [0.2, 0.25) is 5.91 Å². The largest absolute Gasteiger partial charge is 0.480 e. The average molecular weight is 430 g/mol. The maximum Gasteiger partial charge on any atom is 0.326 e. The highest BCUT2D eigenvalue weighted by Crippen LogP contribution is 2.32. The monoisotopic (exact) mass is 429 g/mol. The van der Waals surface area contributed by atoms with Crippen LogP contribution in [0, 0.1) is 5.92 Å². The summed E-state index contributed by atoms with van der Waals surface area (Å²) in [6.45, 7) is 1.27. The van der Waals surface area contributed by atoms with Crippen LogP contribution < -0.4 is 0 Å². The van der Waals surface area contributed by atoms with Crippen LogP contribution in [-0.4, -0.2) is 41.1 Å². The van der Waals surface area contributed by atoms with Crippen molar-refractivity contribution in [3.8, 4) is 0 Å². The first-order chi connectivity index (χ1) is 15.6. The van der Waals surface area contributed by atoms with Gasteiger partial charge >= 0.3 is 5.97 Å². The Morgan fingerprint density at radius 2 is 1.41 bits per heavy atom. The molecule has 1 heterocycles. The fourth-order valence-corrected chi connectivity index (χ4v) is 4.37. The lowest BCUT2D eigenvalue weighted by molar-refractivity contribution is -0.148. The second-order valence-corrected chi connectivity index (χ2v) is 8.20. The molecular weight excluding hydrogens is 402 g/mol. The van der Waals surface area contributed by atoms with Gasteiger partial charge in [-0.15, -0.1) is 0 Å².